The van der Waals surface area contributed by atoms with Gasteiger partial charge in [0, 0.05) is 45.9 Å². The van der Waals surface area contributed by atoms with E-state index in [0.29, 0.717) is 52.1 Å². The molecule has 5 atom stereocenters. The molecule has 5 aliphatic rings. The van der Waals surface area contributed by atoms with Crippen LogP contribution in [0.5, 0.6) is 0 Å². The van der Waals surface area contributed by atoms with Crippen molar-refractivity contribution in [2.75, 3.05) is 65.7 Å². The summed E-state index contributed by atoms with van der Waals surface area (Å²) in [6, 6.07) is -0.840. The van der Waals surface area contributed by atoms with Crippen molar-refractivity contribution in [1.29, 1.82) is 0 Å². The Balaban J connectivity index is 1.45. The standard InChI is InChI=1S/C28H41N3O7/c1-27-9-4-7-18-37-26(35)22(27)21-24(33)31(12-5-2-3-6-17-32)23-25(34)30(11-8-10-28(21,23)38-27)14-13-29-15-19-36-20-16-29/h4,8-10,21-23,32H,2-3,5-7,11-20H2,1H3/t21-,22+,23?,27-,28-/m0/s1. The molecule has 1 N–H and O–H groups in total. The van der Waals surface area contributed by atoms with Gasteiger partial charge >= 0.3 is 5.97 Å². The van der Waals surface area contributed by atoms with Crippen molar-refractivity contribution in [1.82, 2.24) is 14.7 Å². The average molecular weight is 532 g/mol. The highest BCUT2D eigenvalue weighted by Gasteiger charge is 2.74. The van der Waals surface area contributed by atoms with Gasteiger partial charge in [-0.05, 0) is 26.2 Å². The van der Waals surface area contributed by atoms with E-state index in [-0.39, 0.29) is 25.0 Å². The number of amides is 2. The zero-order valence-corrected chi connectivity index (χ0v) is 22.4. The van der Waals surface area contributed by atoms with E-state index in [1.165, 1.54) is 0 Å². The van der Waals surface area contributed by atoms with E-state index in [0.717, 1.165) is 32.5 Å². The molecule has 10 heteroatoms. The fourth-order valence-electron chi connectivity index (χ4n) is 6.81. The summed E-state index contributed by atoms with van der Waals surface area (Å²) in [5.41, 5.74) is -2.28. The van der Waals surface area contributed by atoms with Crippen LogP contribution in [0.4, 0.5) is 0 Å². The number of fused-ring (bicyclic) bond motifs is 2. The van der Waals surface area contributed by atoms with E-state index in [1.807, 2.05) is 36.1 Å². The third kappa shape index (κ3) is 4.92. The first kappa shape index (κ1) is 27.3. The molecule has 0 aliphatic carbocycles. The molecule has 0 radical (unpaired) electrons. The average Bonchev–Trinajstić information content (AvgIpc) is 3.22. The van der Waals surface area contributed by atoms with Crippen LogP contribution in [-0.2, 0) is 28.6 Å². The van der Waals surface area contributed by atoms with E-state index in [1.54, 1.807) is 4.90 Å². The Morgan fingerprint density at radius 3 is 2.50 bits per heavy atom. The van der Waals surface area contributed by atoms with Crippen molar-refractivity contribution in [2.45, 2.75) is 56.3 Å². The zero-order valence-electron chi connectivity index (χ0n) is 22.4. The summed E-state index contributed by atoms with van der Waals surface area (Å²) in [5.74, 6) is -2.45. The second kappa shape index (κ2) is 11.5. The summed E-state index contributed by atoms with van der Waals surface area (Å²) in [7, 11) is 0. The second-order valence-electron chi connectivity index (χ2n) is 11.2. The fraction of sp³-hybridized carbons (Fsp3) is 0.750. The van der Waals surface area contributed by atoms with Crippen LogP contribution in [0.1, 0.15) is 39.0 Å². The number of likely N-dealkylation sites (tertiary alicyclic amines) is 1. The van der Waals surface area contributed by atoms with Gasteiger partial charge in [0.05, 0.1) is 31.3 Å². The van der Waals surface area contributed by atoms with E-state index in [4.69, 9.17) is 19.3 Å². The molecule has 10 nitrogen and oxygen atoms in total. The van der Waals surface area contributed by atoms with Crippen LogP contribution in [0.3, 0.4) is 0 Å². The molecule has 0 aromatic rings. The number of rotatable bonds is 9. The van der Waals surface area contributed by atoms with E-state index in [9.17, 15) is 14.4 Å². The molecular formula is C28H41N3O7. The lowest BCUT2D eigenvalue weighted by Gasteiger charge is -2.38. The maximum atomic E-state index is 14.3. The Labute approximate surface area is 224 Å². The van der Waals surface area contributed by atoms with Gasteiger partial charge in [0.1, 0.15) is 17.6 Å². The highest BCUT2D eigenvalue weighted by atomic mass is 16.6. The van der Waals surface area contributed by atoms with Crippen LogP contribution in [0.2, 0.25) is 0 Å². The Kier molecular flexibility index (Phi) is 8.23. The van der Waals surface area contributed by atoms with Crippen LogP contribution in [0, 0.1) is 11.8 Å². The predicted octanol–water partition coefficient (Wildman–Crippen LogP) is 0.744. The Morgan fingerprint density at radius 2 is 1.71 bits per heavy atom. The molecule has 210 valence electrons. The zero-order chi connectivity index (χ0) is 26.8. The summed E-state index contributed by atoms with van der Waals surface area (Å²) < 4.78 is 17.8. The summed E-state index contributed by atoms with van der Waals surface area (Å²) in [6.07, 6.45) is 11.3. The van der Waals surface area contributed by atoms with Gasteiger partial charge in [-0.2, -0.15) is 0 Å². The number of cyclic esters (lactones) is 1. The molecule has 1 unspecified atom stereocenters. The monoisotopic (exact) mass is 531 g/mol. The normalized spacial score (nSPS) is 35.4. The molecule has 5 aliphatic heterocycles. The number of carbonyl (C=O) groups excluding carboxylic acids is 3. The minimum atomic E-state index is -1.24. The summed E-state index contributed by atoms with van der Waals surface area (Å²) in [5, 5.41) is 9.13. The van der Waals surface area contributed by atoms with Crippen LogP contribution >= 0.6 is 0 Å². The molecule has 0 aromatic heterocycles. The van der Waals surface area contributed by atoms with Gasteiger partial charge in [-0.1, -0.05) is 37.1 Å². The van der Waals surface area contributed by atoms with Crippen molar-refractivity contribution < 1.29 is 33.7 Å². The maximum absolute atomic E-state index is 14.3. The SMILES string of the molecule is C[C@]12C=CCCOC(=O)[C@H]1[C@H]1C(=O)N(CCCCCCO)C3C(=O)N(CCN4CCOCC4)CC=C[C@@]31O2. The lowest BCUT2D eigenvalue weighted by Crippen LogP contribution is -2.56. The number of hydrogen-bond donors (Lipinski definition) is 1. The van der Waals surface area contributed by atoms with Crippen molar-refractivity contribution in [3.63, 3.8) is 0 Å². The van der Waals surface area contributed by atoms with E-state index < -0.39 is 35.0 Å². The van der Waals surface area contributed by atoms with Crippen LogP contribution in [0.15, 0.2) is 24.3 Å². The van der Waals surface area contributed by atoms with E-state index >= 15 is 0 Å². The number of aliphatic hydroxyl groups excluding tert-OH is 1. The molecule has 3 fully saturated rings. The van der Waals surface area contributed by atoms with Gasteiger partial charge in [-0.25, -0.2) is 0 Å². The predicted molar refractivity (Wildman–Crippen MR) is 138 cm³/mol. The lowest BCUT2D eigenvalue weighted by atomic mass is 9.74. The Morgan fingerprint density at radius 1 is 0.921 bits per heavy atom. The fourth-order valence-corrected chi connectivity index (χ4v) is 6.81. The van der Waals surface area contributed by atoms with E-state index in [2.05, 4.69) is 4.90 Å². The summed E-state index contributed by atoms with van der Waals surface area (Å²) in [4.78, 5) is 47.5. The largest absolute Gasteiger partial charge is 0.465 e. The topological polar surface area (TPSA) is 109 Å². The number of nitrogens with zero attached hydrogens (tertiary/aromatic N) is 3. The highest BCUT2D eigenvalue weighted by Crippen LogP contribution is 2.57. The Bertz CT molecular complexity index is 964. The first-order valence-electron chi connectivity index (χ1n) is 14.1. The van der Waals surface area contributed by atoms with Gasteiger partial charge in [-0.3, -0.25) is 19.3 Å². The van der Waals surface area contributed by atoms with Gasteiger partial charge in [0.2, 0.25) is 11.8 Å². The van der Waals surface area contributed by atoms with Gasteiger partial charge in [0.15, 0.2) is 0 Å². The van der Waals surface area contributed by atoms with Crippen LogP contribution < -0.4 is 0 Å². The van der Waals surface area contributed by atoms with Crippen molar-refractivity contribution in [3.8, 4) is 0 Å². The van der Waals surface area contributed by atoms with Crippen LogP contribution in [-0.4, -0.2) is 121 Å². The van der Waals surface area contributed by atoms with Gasteiger partial charge < -0.3 is 29.1 Å². The minimum Gasteiger partial charge on any atom is -0.465 e. The van der Waals surface area contributed by atoms with Gasteiger partial charge in [0.25, 0.3) is 0 Å². The number of hydrogen-bond acceptors (Lipinski definition) is 8. The number of morpholine rings is 1. The number of ether oxygens (including phenoxy) is 3. The maximum Gasteiger partial charge on any atom is 0.313 e. The van der Waals surface area contributed by atoms with Crippen molar-refractivity contribution >= 4 is 17.8 Å². The third-order valence-corrected chi connectivity index (χ3v) is 8.70. The van der Waals surface area contributed by atoms with Crippen molar-refractivity contribution in [3.05, 3.63) is 24.3 Å². The van der Waals surface area contributed by atoms with Gasteiger partial charge in [-0.15, -0.1) is 0 Å². The molecule has 1 spiro atoms. The molecule has 5 rings (SSSR count). The van der Waals surface area contributed by atoms with Crippen molar-refractivity contribution in [2.24, 2.45) is 11.8 Å². The summed E-state index contributed by atoms with van der Waals surface area (Å²) >= 11 is 0. The number of esters is 1. The molecule has 3 saturated heterocycles. The third-order valence-electron chi connectivity index (χ3n) is 8.70. The molecular weight excluding hydrogens is 490 g/mol. The second-order valence-corrected chi connectivity index (χ2v) is 11.2. The molecule has 0 bridgehead atoms. The first-order chi connectivity index (χ1) is 18.4. The minimum absolute atomic E-state index is 0.135. The molecule has 0 aromatic carbocycles. The highest BCUT2D eigenvalue weighted by molar-refractivity contribution is 5.99. The number of unbranched alkanes of at least 4 members (excludes halogenated alkanes) is 3. The molecule has 38 heavy (non-hydrogen) atoms. The number of carbonyl (C=O) groups is 3. The quantitative estimate of drug-likeness (QED) is 0.264. The molecule has 2 amide bonds. The number of aliphatic hydroxyl groups is 1. The first-order valence-corrected chi connectivity index (χ1v) is 14.1. The molecule has 5 heterocycles. The lowest BCUT2D eigenvalue weighted by molar-refractivity contribution is -0.160. The summed E-state index contributed by atoms with van der Waals surface area (Å²) in [6.45, 7) is 7.40. The Hall–Kier alpha value is -2.27. The smallest absolute Gasteiger partial charge is 0.313 e. The van der Waals surface area contributed by atoms with Crippen LogP contribution in [0.25, 0.3) is 0 Å². The molecule has 0 saturated carbocycles.